The molecule has 2 aromatic carbocycles. The lowest BCUT2D eigenvalue weighted by atomic mass is 10.1. The number of anilines is 1. The van der Waals surface area contributed by atoms with Crippen molar-refractivity contribution in [3.8, 4) is 0 Å². The molecule has 2 heterocycles. The molecule has 0 radical (unpaired) electrons. The molecule has 3 aromatic rings. The standard InChI is InChI=1S/C23H21F2N3O2S/c1-13-4-7-18-15(10-13)20(21(29)26-18)23-28(9-8-27(2)3)22(30)19(31-23)12-14-5-6-16(24)17(25)11-14/h4-7,10-12H,8-9H2,1-3H3,(H,26,29)/b19-12-,23-20-. The number of fused-ring (bicyclic) bond motifs is 1. The Bertz CT molecular complexity index is 1370. The van der Waals surface area contributed by atoms with Crippen LogP contribution in [0.15, 0.2) is 41.2 Å². The number of aryl methyl sites for hydroxylation is 1. The van der Waals surface area contributed by atoms with Gasteiger partial charge in [-0.25, -0.2) is 8.78 Å². The van der Waals surface area contributed by atoms with Crippen LogP contribution in [0.25, 0.3) is 11.6 Å². The topological polar surface area (TPSA) is 54.3 Å². The lowest BCUT2D eigenvalue weighted by Gasteiger charge is -2.10. The third-order valence-electron chi connectivity index (χ3n) is 5.05. The van der Waals surface area contributed by atoms with Gasteiger partial charge in [0.05, 0.1) is 10.1 Å². The van der Waals surface area contributed by atoms with E-state index in [0.717, 1.165) is 23.3 Å². The van der Waals surface area contributed by atoms with Crippen LogP contribution >= 0.6 is 11.3 Å². The molecule has 1 aliphatic heterocycles. The van der Waals surface area contributed by atoms with Gasteiger partial charge in [0.15, 0.2) is 11.6 Å². The molecule has 31 heavy (non-hydrogen) atoms. The Morgan fingerprint density at radius 2 is 1.87 bits per heavy atom. The van der Waals surface area contributed by atoms with E-state index in [1.807, 2.05) is 44.1 Å². The number of thiazole rings is 1. The molecule has 0 saturated carbocycles. The van der Waals surface area contributed by atoms with Gasteiger partial charge < -0.3 is 10.2 Å². The number of hydrogen-bond acceptors (Lipinski definition) is 4. The van der Waals surface area contributed by atoms with Gasteiger partial charge in [-0.05, 0) is 56.9 Å². The van der Waals surface area contributed by atoms with Crippen molar-refractivity contribution in [3.05, 3.63) is 84.3 Å². The summed E-state index contributed by atoms with van der Waals surface area (Å²) in [7, 11) is 3.80. The van der Waals surface area contributed by atoms with Crippen molar-refractivity contribution >= 4 is 34.6 Å². The minimum absolute atomic E-state index is 0.264. The molecule has 4 rings (SSSR count). The van der Waals surface area contributed by atoms with E-state index in [1.54, 1.807) is 4.57 Å². The van der Waals surface area contributed by atoms with E-state index in [9.17, 15) is 18.4 Å². The lowest BCUT2D eigenvalue weighted by molar-refractivity contribution is -0.110. The van der Waals surface area contributed by atoms with Crippen molar-refractivity contribution in [2.45, 2.75) is 13.5 Å². The molecule has 0 spiro atoms. The van der Waals surface area contributed by atoms with Crippen LogP contribution in [0.4, 0.5) is 14.5 Å². The molecule has 0 aliphatic carbocycles. The first-order valence-electron chi connectivity index (χ1n) is 9.72. The van der Waals surface area contributed by atoms with E-state index in [0.29, 0.717) is 39.1 Å². The van der Waals surface area contributed by atoms with E-state index >= 15 is 0 Å². The second-order valence-corrected chi connectivity index (χ2v) is 8.76. The van der Waals surface area contributed by atoms with Crippen LogP contribution in [0.3, 0.4) is 0 Å². The van der Waals surface area contributed by atoms with Crippen molar-refractivity contribution in [1.82, 2.24) is 9.47 Å². The Hall–Kier alpha value is -3.10. The van der Waals surface area contributed by atoms with Crippen molar-refractivity contribution in [1.29, 1.82) is 0 Å². The maximum absolute atomic E-state index is 13.6. The Balaban J connectivity index is 2.00. The number of benzene rings is 2. The third-order valence-corrected chi connectivity index (χ3v) is 6.18. The minimum atomic E-state index is -0.979. The minimum Gasteiger partial charge on any atom is -0.321 e. The zero-order valence-electron chi connectivity index (χ0n) is 17.3. The quantitative estimate of drug-likeness (QED) is 0.674. The number of carbonyl (C=O) groups is 1. The van der Waals surface area contributed by atoms with Gasteiger partial charge >= 0.3 is 0 Å². The second-order valence-electron chi connectivity index (χ2n) is 7.73. The van der Waals surface area contributed by atoms with Crippen molar-refractivity contribution in [2.24, 2.45) is 0 Å². The fourth-order valence-corrected chi connectivity index (χ4v) is 4.65. The average molecular weight is 442 g/mol. The summed E-state index contributed by atoms with van der Waals surface area (Å²) in [6.45, 7) is 2.93. The Labute approximate surface area is 181 Å². The first-order valence-corrected chi connectivity index (χ1v) is 10.5. The van der Waals surface area contributed by atoms with Gasteiger partial charge in [-0.2, -0.15) is 0 Å². The van der Waals surface area contributed by atoms with Gasteiger partial charge in [0.1, 0.15) is 4.66 Å². The van der Waals surface area contributed by atoms with Crippen molar-refractivity contribution in [3.63, 3.8) is 0 Å². The van der Waals surface area contributed by atoms with Crippen LogP contribution in [-0.4, -0.2) is 36.0 Å². The highest BCUT2D eigenvalue weighted by Crippen LogP contribution is 2.30. The third kappa shape index (κ3) is 4.08. The van der Waals surface area contributed by atoms with Crippen LogP contribution in [0.1, 0.15) is 16.7 Å². The summed E-state index contributed by atoms with van der Waals surface area (Å²) in [6, 6.07) is 9.17. The Morgan fingerprint density at radius 1 is 1.10 bits per heavy atom. The smallest absolute Gasteiger partial charge is 0.269 e. The normalized spacial score (nSPS) is 15.5. The molecule has 1 N–H and O–H groups in total. The van der Waals surface area contributed by atoms with Crippen LogP contribution < -0.4 is 20.1 Å². The molecule has 0 atom stereocenters. The van der Waals surface area contributed by atoms with Crippen LogP contribution in [0.5, 0.6) is 0 Å². The monoisotopic (exact) mass is 441 g/mol. The number of carbonyl (C=O) groups excluding carboxylic acids is 1. The molecule has 0 bridgehead atoms. The molecular formula is C23H21F2N3O2S. The Morgan fingerprint density at radius 3 is 2.58 bits per heavy atom. The highest BCUT2D eigenvalue weighted by molar-refractivity contribution is 7.07. The number of nitrogens with one attached hydrogen (secondary N) is 1. The van der Waals surface area contributed by atoms with Crippen molar-refractivity contribution in [2.75, 3.05) is 26.0 Å². The van der Waals surface area contributed by atoms with E-state index in [2.05, 4.69) is 5.32 Å². The van der Waals surface area contributed by atoms with Gasteiger partial charge in [0.25, 0.3) is 11.5 Å². The molecule has 5 nitrogen and oxygen atoms in total. The predicted octanol–water partition coefficient (Wildman–Crippen LogP) is 2.04. The first kappa shape index (κ1) is 21.1. The fraction of sp³-hybridized carbons (Fsp3) is 0.217. The lowest BCUT2D eigenvalue weighted by Crippen LogP contribution is -2.36. The number of hydrogen-bond donors (Lipinski definition) is 1. The number of likely N-dealkylation sites (N-methyl/N-ethyl adjacent to an activating group) is 1. The summed E-state index contributed by atoms with van der Waals surface area (Å²) in [5.41, 5.74) is 3.01. The van der Waals surface area contributed by atoms with E-state index in [-0.39, 0.29) is 11.5 Å². The zero-order chi connectivity index (χ0) is 22.3. The van der Waals surface area contributed by atoms with Crippen LogP contribution in [0.2, 0.25) is 0 Å². The first-order chi connectivity index (χ1) is 14.7. The van der Waals surface area contributed by atoms with Gasteiger partial charge in [-0.1, -0.05) is 17.7 Å². The maximum atomic E-state index is 13.6. The molecular weight excluding hydrogens is 420 g/mol. The largest absolute Gasteiger partial charge is 0.321 e. The number of aromatic nitrogens is 1. The fourth-order valence-electron chi connectivity index (χ4n) is 3.46. The Kier molecular flexibility index (Phi) is 5.60. The molecule has 8 heteroatoms. The van der Waals surface area contributed by atoms with E-state index in [1.165, 1.54) is 23.5 Å². The van der Waals surface area contributed by atoms with Crippen molar-refractivity contribution < 1.29 is 13.6 Å². The molecule has 1 aromatic heterocycles. The van der Waals surface area contributed by atoms with Gasteiger partial charge in [0, 0.05) is 24.3 Å². The number of nitrogens with zero attached hydrogens (tertiary/aromatic N) is 2. The van der Waals surface area contributed by atoms with Gasteiger partial charge in [0.2, 0.25) is 0 Å². The highest BCUT2D eigenvalue weighted by Gasteiger charge is 2.27. The number of amides is 1. The summed E-state index contributed by atoms with van der Waals surface area (Å²) >= 11 is 1.18. The van der Waals surface area contributed by atoms with E-state index in [4.69, 9.17) is 0 Å². The van der Waals surface area contributed by atoms with Gasteiger partial charge in [-0.3, -0.25) is 14.2 Å². The van der Waals surface area contributed by atoms with Gasteiger partial charge in [-0.15, -0.1) is 11.3 Å². The summed E-state index contributed by atoms with van der Waals surface area (Å²) in [5, 5.41) is 2.86. The SMILES string of the molecule is Cc1ccc2c(c1)/C(=c1/s/c(=C\c3ccc(F)c(F)c3)c(=O)n1CCN(C)C)C(=O)N2. The van der Waals surface area contributed by atoms with E-state index < -0.39 is 11.6 Å². The average Bonchev–Trinajstić information content (AvgIpc) is 3.18. The number of halogens is 2. The van der Waals surface area contributed by atoms with Crippen LogP contribution in [0, 0.1) is 18.6 Å². The maximum Gasteiger partial charge on any atom is 0.269 e. The van der Waals surface area contributed by atoms with Crippen LogP contribution in [-0.2, 0) is 11.3 Å². The molecule has 0 unspecified atom stereocenters. The molecule has 1 aliphatic rings. The molecule has 0 saturated heterocycles. The summed E-state index contributed by atoms with van der Waals surface area (Å²) in [5.74, 6) is -2.19. The zero-order valence-corrected chi connectivity index (χ0v) is 18.1. The molecule has 0 fully saturated rings. The summed E-state index contributed by atoms with van der Waals surface area (Å²) < 4.78 is 29.4. The summed E-state index contributed by atoms with van der Waals surface area (Å²) in [6.07, 6.45) is 1.52. The predicted molar refractivity (Wildman–Crippen MR) is 119 cm³/mol. The second kappa shape index (κ2) is 8.20. The highest BCUT2D eigenvalue weighted by atomic mass is 32.1. The molecule has 1 amide bonds. The number of rotatable bonds is 4. The molecule has 160 valence electrons. The summed E-state index contributed by atoms with van der Waals surface area (Å²) in [4.78, 5) is 28.0.